The van der Waals surface area contributed by atoms with Crippen LogP contribution in [0.4, 0.5) is 0 Å². The highest BCUT2D eigenvalue weighted by Gasteiger charge is 2.26. The third-order valence-corrected chi connectivity index (χ3v) is 4.98. The number of ether oxygens (including phenoxy) is 1. The maximum atomic E-state index is 5.80. The highest BCUT2D eigenvalue weighted by Crippen LogP contribution is 2.42. The molecule has 1 heteroatoms. The van der Waals surface area contributed by atoms with E-state index in [4.69, 9.17) is 4.74 Å². The average molecular weight is 274 g/mol. The van der Waals surface area contributed by atoms with Crippen molar-refractivity contribution < 1.29 is 4.74 Å². The van der Waals surface area contributed by atoms with E-state index in [1.165, 1.54) is 44.1 Å². The fraction of sp³-hybridized carbons (Fsp3) is 0.684. The molecule has 0 aliphatic heterocycles. The first kappa shape index (κ1) is 15.4. The van der Waals surface area contributed by atoms with E-state index in [-0.39, 0.29) is 0 Å². The number of benzene rings is 1. The van der Waals surface area contributed by atoms with Crippen molar-refractivity contribution in [3.8, 4) is 5.75 Å². The molecule has 20 heavy (non-hydrogen) atoms. The molecule has 0 heterocycles. The summed E-state index contributed by atoms with van der Waals surface area (Å²) in [5.74, 6) is 3.68. The molecule has 1 atom stereocenters. The van der Waals surface area contributed by atoms with E-state index in [1.54, 1.807) is 0 Å². The van der Waals surface area contributed by atoms with Crippen LogP contribution in [0.2, 0.25) is 0 Å². The lowest BCUT2D eigenvalue weighted by molar-refractivity contribution is 0.231. The van der Waals surface area contributed by atoms with Gasteiger partial charge in [0.05, 0.1) is 6.61 Å². The topological polar surface area (TPSA) is 9.23 Å². The second-order valence-electron chi connectivity index (χ2n) is 6.35. The van der Waals surface area contributed by atoms with E-state index in [2.05, 4.69) is 45.0 Å². The van der Waals surface area contributed by atoms with Gasteiger partial charge in [0.15, 0.2) is 0 Å². The van der Waals surface area contributed by atoms with Crippen molar-refractivity contribution in [3.05, 3.63) is 29.8 Å². The van der Waals surface area contributed by atoms with Gasteiger partial charge in [0.2, 0.25) is 0 Å². The molecular formula is C19H30O. The first-order valence-corrected chi connectivity index (χ1v) is 8.47. The molecule has 1 unspecified atom stereocenters. The van der Waals surface area contributed by atoms with Crippen LogP contribution in [0, 0.1) is 11.8 Å². The molecule has 0 aromatic heterocycles. The molecule has 0 radical (unpaired) electrons. The molecule has 1 aromatic carbocycles. The van der Waals surface area contributed by atoms with E-state index in [0.29, 0.717) is 5.92 Å². The van der Waals surface area contributed by atoms with Crippen molar-refractivity contribution >= 4 is 0 Å². The molecule has 1 nitrogen and oxygen atoms in total. The zero-order chi connectivity index (χ0) is 14.4. The highest BCUT2D eigenvalue weighted by atomic mass is 16.5. The van der Waals surface area contributed by atoms with Gasteiger partial charge < -0.3 is 4.74 Å². The van der Waals surface area contributed by atoms with Crippen LogP contribution in [0.1, 0.15) is 70.8 Å². The summed E-state index contributed by atoms with van der Waals surface area (Å²) in [6.45, 7) is 7.59. The predicted molar refractivity (Wildman–Crippen MR) is 86.4 cm³/mol. The highest BCUT2D eigenvalue weighted by molar-refractivity contribution is 5.36. The summed E-state index contributed by atoms with van der Waals surface area (Å²) in [6.07, 6.45) is 8.18. The van der Waals surface area contributed by atoms with E-state index < -0.39 is 0 Å². The van der Waals surface area contributed by atoms with Gasteiger partial charge >= 0.3 is 0 Å². The van der Waals surface area contributed by atoms with Crippen LogP contribution in [0.5, 0.6) is 5.75 Å². The maximum absolute atomic E-state index is 5.80. The third kappa shape index (κ3) is 3.77. The minimum Gasteiger partial charge on any atom is -0.494 e. The van der Waals surface area contributed by atoms with Gasteiger partial charge in [0.1, 0.15) is 5.75 Å². The normalized spacial score (nSPS) is 24.4. The Labute approximate surface area is 124 Å². The average Bonchev–Trinajstić information content (AvgIpc) is 2.49. The minimum absolute atomic E-state index is 0.711. The monoisotopic (exact) mass is 274 g/mol. The summed E-state index contributed by atoms with van der Waals surface area (Å²) < 4.78 is 5.80. The lowest BCUT2D eigenvalue weighted by Crippen LogP contribution is -2.19. The summed E-state index contributed by atoms with van der Waals surface area (Å²) in [7, 11) is 0. The SMILES string of the molecule is CCCC(C)C1CCC(c2ccccc2OCC)CC1. The first-order chi connectivity index (χ1) is 9.76. The Bertz CT molecular complexity index is 391. The third-order valence-electron chi connectivity index (χ3n) is 4.98. The Morgan fingerprint density at radius 3 is 2.45 bits per heavy atom. The Hall–Kier alpha value is -0.980. The zero-order valence-corrected chi connectivity index (χ0v) is 13.4. The van der Waals surface area contributed by atoms with Crippen molar-refractivity contribution in [1.82, 2.24) is 0 Å². The molecule has 0 amide bonds. The maximum Gasteiger partial charge on any atom is 0.122 e. The Morgan fingerprint density at radius 2 is 1.80 bits per heavy atom. The molecule has 1 fully saturated rings. The van der Waals surface area contributed by atoms with Gasteiger partial charge in [-0.3, -0.25) is 0 Å². The minimum atomic E-state index is 0.711. The van der Waals surface area contributed by atoms with Crippen molar-refractivity contribution in [2.45, 2.75) is 65.2 Å². The van der Waals surface area contributed by atoms with Crippen LogP contribution >= 0.6 is 0 Å². The number of hydrogen-bond acceptors (Lipinski definition) is 1. The molecular weight excluding hydrogens is 244 g/mol. The van der Waals surface area contributed by atoms with Gasteiger partial charge in [-0.1, -0.05) is 44.9 Å². The molecule has 0 spiro atoms. The number of para-hydroxylation sites is 1. The van der Waals surface area contributed by atoms with Gasteiger partial charge in [-0.25, -0.2) is 0 Å². The van der Waals surface area contributed by atoms with E-state index >= 15 is 0 Å². The summed E-state index contributed by atoms with van der Waals surface area (Å²) in [5, 5.41) is 0. The van der Waals surface area contributed by atoms with Crippen LogP contribution in [0.3, 0.4) is 0 Å². The lowest BCUT2D eigenvalue weighted by atomic mass is 9.73. The molecule has 1 aromatic rings. The Kier molecular flexibility index (Phi) is 5.94. The number of hydrogen-bond donors (Lipinski definition) is 0. The van der Waals surface area contributed by atoms with Gasteiger partial charge in [-0.2, -0.15) is 0 Å². The molecule has 1 saturated carbocycles. The van der Waals surface area contributed by atoms with Crippen molar-refractivity contribution in [1.29, 1.82) is 0 Å². The van der Waals surface area contributed by atoms with Crippen LogP contribution in [0.15, 0.2) is 24.3 Å². The molecule has 112 valence electrons. The molecule has 0 bridgehead atoms. The number of rotatable bonds is 6. The van der Waals surface area contributed by atoms with Gasteiger partial charge in [0.25, 0.3) is 0 Å². The molecule has 0 N–H and O–H groups in total. The summed E-state index contributed by atoms with van der Waals surface area (Å²) in [6, 6.07) is 8.64. The fourth-order valence-electron chi connectivity index (χ4n) is 3.80. The van der Waals surface area contributed by atoms with Gasteiger partial charge in [0, 0.05) is 0 Å². The Balaban J connectivity index is 1.97. The summed E-state index contributed by atoms with van der Waals surface area (Å²) >= 11 is 0. The second kappa shape index (κ2) is 7.71. The van der Waals surface area contributed by atoms with Crippen LogP contribution in [-0.2, 0) is 0 Å². The zero-order valence-electron chi connectivity index (χ0n) is 13.4. The van der Waals surface area contributed by atoms with E-state index in [0.717, 1.165) is 24.2 Å². The van der Waals surface area contributed by atoms with E-state index in [9.17, 15) is 0 Å². The standard InChI is InChI=1S/C19H30O/c1-4-8-15(3)16-11-13-17(14-12-16)18-9-6-7-10-19(18)20-5-2/h6-7,9-10,15-17H,4-5,8,11-14H2,1-3H3. The largest absolute Gasteiger partial charge is 0.494 e. The molecule has 2 rings (SSSR count). The molecule has 0 saturated heterocycles. The Morgan fingerprint density at radius 1 is 1.10 bits per heavy atom. The smallest absolute Gasteiger partial charge is 0.122 e. The van der Waals surface area contributed by atoms with Crippen LogP contribution in [0.25, 0.3) is 0 Å². The van der Waals surface area contributed by atoms with Crippen molar-refractivity contribution in [3.63, 3.8) is 0 Å². The first-order valence-electron chi connectivity index (χ1n) is 8.47. The van der Waals surface area contributed by atoms with Crippen molar-refractivity contribution in [2.24, 2.45) is 11.8 Å². The van der Waals surface area contributed by atoms with Gasteiger partial charge in [-0.05, 0) is 62.0 Å². The van der Waals surface area contributed by atoms with Gasteiger partial charge in [-0.15, -0.1) is 0 Å². The summed E-state index contributed by atoms with van der Waals surface area (Å²) in [5.41, 5.74) is 1.44. The predicted octanol–water partition coefficient (Wildman–Crippen LogP) is 5.80. The van der Waals surface area contributed by atoms with Crippen LogP contribution < -0.4 is 4.74 Å². The molecule has 1 aliphatic carbocycles. The summed E-state index contributed by atoms with van der Waals surface area (Å²) in [4.78, 5) is 0. The second-order valence-corrected chi connectivity index (χ2v) is 6.35. The van der Waals surface area contributed by atoms with E-state index in [1.807, 2.05) is 0 Å². The van der Waals surface area contributed by atoms with Crippen LogP contribution in [-0.4, -0.2) is 6.61 Å². The lowest BCUT2D eigenvalue weighted by Gasteiger charge is -2.33. The quantitative estimate of drug-likeness (QED) is 0.637. The fourth-order valence-corrected chi connectivity index (χ4v) is 3.80. The van der Waals surface area contributed by atoms with Crippen molar-refractivity contribution in [2.75, 3.05) is 6.61 Å². The molecule has 1 aliphatic rings.